The molecule has 1 aromatic carbocycles. The highest BCUT2D eigenvalue weighted by Crippen LogP contribution is 2.24. The molecule has 0 saturated carbocycles. The van der Waals surface area contributed by atoms with Gasteiger partial charge in [0.15, 0.2) is 0 Å². The Hall–Kier alpha value is -2.24. The SMILES string of the molecule is Cc1c(Cl)cccc1NC(=O)CCc1csc(-c2ccncc2)n1. The van der Waals surface area contributed by atoms with E-state index in [0.717, 1.165) is 27.5 Å². The predicted octanol–water partition coefficient (Wildman–Crippen LogP) is 4.74. The second-order valence-electron chi connectivity index (χ2n) is 5.34. The highest BCUT2D eigenvalue weighted by Gasteiger charge is 2.09. The Morgan fingerprint density at radius 3 is 2.83 bits per heavy atom. The number of aryl methyl sites for hydroxylation is 1. The van der Waals surface area contributed by atoms with Crippen LogP contribution in [0.4, 0.5) is 5.69 Å². The molecule has 0 radical (unpaired) electrons. The Kier molecular flexibility index (Phi) is 5.23. The molecule has 3 aromatic rings. The highest BCUT2D eigenvalue weighted by atomic mass is 35.5. The summed E-state index contributed by atoms with van der Waals surface area (Å²) in [4.78, 5) is 20.7. The fourth-order valence-corrected chi connectivity index (χ4v) is 3.28. The third kappa shape index (κ3) is 3.99. The third-order valence-electron chi connectivity index (χ3n) is 3.63. The van der Waals surface area contributed by atoms with E-state index in [-0.39, 0.29) is 5.91 Å². The quantitative estimate of drug-likeness (QED) is 0.717. The first-order chi connectivity index (χ1) is 11.6. The fraction of sp³-hybridized carbons (Fsp3) is 0.167. The summed E-state index contributed by atoms with van der Waals surface area (Å²) < 4.78 is 0. The fourth-order valence-electron chi connectivity index (χ4n) is 2.25. The third-order valence-corrected chi connectivity index (χ3v) is 4.98. The minimum Gasteiger partial charge on any atom is -0.326 e. The van der Waals surface area contributed by atoms with Gasteiger partial charge in [-0.15, -0.1) is 11.3 Å². The van der Waals surface area contributed by atoms with Gasteiger partial charge in [0, 0.05) is 40.5 Å². The number of carbonyl (C=O) groups excluding carboxylic acids is 1. The number of pyridine rings is 1. The lowest BCUT2D eigenvalue weighted by Crippen LogP contribution is -2.13. The molecule has 0 saturated heterocycles. The molecule has 3 rings (SSSR count). The largest absolute Gasteiger partial charge is 0.326 e. The summed E-state index contributed by atoms with van der Waals surface area (Å²) in [6, 6.07) is 9.34. The van der Waals surface area contributed by atoms with Gasteiger partial charge in [-0.3, -0.25) is 9.78 Å². The molecule has 4 nitrogen and oxygen atoms in total. The lowest BCUT2D eigenvalue weighted by atomic mass is 10.2. The summed E-state index contributed by atoms with van der Waals surface area (Å²) in [5, 5.41) is 6.49. The normalized spacial score (nSPS) is 10.6. The monoisotopic (exact) mass is 357 g/mol. The van der Waals surface area contributed by atoms with Crippen molar-refractivity contribution in [3.63, 3.8) is 0 Å². The van der Waals surface area contributed by atoms with Crippen molar-refractivity contribution >= 4 is 34.5 Å². The van der Waals surface area contributed by atoms with Gasteiger partial charge < -0.3 is 5.32 Å². The number of carbonyl (C=O) groups is 1. The van der Waals surface area contributed by atoms with Crippen molar-refractivity contribution in [2.24, 2.45) is 0 Å². The molecular weight excluding hydrogens is 342 g/mol. The number of anilines is 1. The number of thiazole rings is 1. The molecule has 0 spiro atoms. The molecule has 1 amide bonds. The number of aromatic nitrogens is 2. The van der Waals surface area contributed by atoms with Gasteiger partial charge in [0.1, 0.15) is 5.01 Å². The number of rotatable bonds is 5. The number of nitrogens with one attached hydrogen (secondary N) is 1. The molecule has 0 atom stereocenters. The van der Waals surface area contributed by atoms with Gasteiger partial charge >= 0.3 is 0 Å². The van der Waals surface area contributed by atoms with Crippen molar-refractivity contribution in [3.05, 3.63) is 64.4 Å². The van der Waals surface area contributed by atoms with E-state index in [0.29, 0.717) is 17.9 Å². The van der Waals surface area contributed by atoms with Crippen LogP contribution in [-0.4, -0.2) is 15.9 Å². The number of benzene rings is 1. The Balaban J connectivity index is 1.59. The van der Waals surface area contributed by atoms with Crippen LogP contribution in [0.2, 0.25) is 5.02 Å². The number of amides is 1. The predicted molar refractivity (Wildman–Crippen MR) is 98.5 cm³/mol. The molecule has 0 bridgehead atoms. The van der Waals surface area contributed by atoms with E-state index in [4.69, 9.17) is 11.6 Å². The molecular formula is C18H16ClN3OS. The Morgan fingerprint density at radius 2 is 2.04 bits per heavy atom. The standard InChI is InChI=1S/C18H16ClN3OS/c1-12-15(19)3-2-4-16(12)22-17(23)6-5-14-11-24-18(21-14)13-7-9-20-10-8-13/h2-4,7-11H,5-6H2,1H3,(H,22,23). The van der Waals surface area contributed by atoms with E-state index in [1.54, 1.807) is 23.7 Å². The van der Waals surface area contributed by atoms with E-state index >= 15 is 0 Å². The molecule has 2 heterocycles. The second kappa shape index (κ2) is 7.55. The summed E-state index contributed by atoms with van der Waals surface area (Å²) in [6.07, 6.45) is 4.48. The number of hydrogen-bond acceptors (Lipinski definition) is 4. The molecule has 122 valence electrons. The molecule has 2 aromatic heterocycles. The van der Waals surface area contributed by atoms with Crippen LogP contribution in [0.5, 0.6) is 0 Å². The average Bonchev–Trinajstić information content (AvgIpc) is 3.07. The van der Waals surface area contributed by atoms with Crippen molar-refractivity contribution in [2.75, 3.05) is 5.32 Å². The van der Waals surface area contributed by atoms with Crippen molar-refractivity contribution in [1.82, 2.24) is 9.97 Å². The maximum absolute atomic E-state index is 12.1. The zero-order valence-electron chi connectivity index (χ0n) is 13.1. The van der Waals surface area contributed by atoms with Gasteiger partial charge in [-0.2, -0.15) is 0 Å². The van der Waals surface area contributed by atoms with Crippen LogP contribution in [-0.2, 0) is 11.2 Å². The summed E-state index contributed by atoms with van der Waals surface area (Å²) in [7, 11) is 0. The smallest absolute Gasteiger partial charge is 0.224 e. The topological polar surface area (TPSA) is 54.9 Å². The van der Waals surface area contributed by atoms with Gasteiger partial charge in [-0.25, -0.2) is 4.98 Å². The first-order valence-electron chi connectivity index (χ1n) is 7.53. The number of nitrogens with zero attached hydrogens (tertiary/aromatic N) is 2. The van der Waals surface area contributed by atoms with Crippen molar-refractivity contribution in [2.45, 2.75) is 19.8 Å². The molecule has 6 heteroatoms. The van der Waals surface area contributed by atoms with Crippen LogP contribution < -0.4 is 5.32 Å². The summed E-state index contributed by atoms with van der Waals surface area (Å²) >= 11 is 7.64. The number of hydrogen-bond donors (Lipinski definition) is 1. The van der Waals surface area contributed by atoms with Crippen LogP contribution >= 0.6 is 22.9 Å². The van der Waals surface area contributed by atoms with E-state index in [1.807, 2.05) is 42.6 Å². The summed E-state index contributed by atoms with van der Waals surface area (Å²) in [5.41, 5.74) is 3.59. The molecule has 0 unspecified atom stereocenters. The van der Waals surface area contributed by atoms with Crippen molar-refractivity contribution in [3.8, 4) is 10.6 Å². The van der Waals surface area contributed by atoms with Gasteiger partial charge in [0.05, 0.1) is 5.69 Å². The maximum atomic E-state index is 12.1. The van der Waals surface area contributed by atoms with Gasteiger partial charge in [-0.05, 0) is 43.2 Å². The Morgan fingerprint density at radius 1 is 1.25 bits per heavy atom. The second-order valence-corrected chi connectivity index (χ2v) is 6.61. The Bertz CT molecular complexity index is 848. The molecule has 0 aliphatic rings. The van der Waals surface area contributed by atoms with Crippen LogP contribution in [0.3, 0.4) is 0 Å². The molecule has 0 aliphatic carbocycles. The summed E-state index contributed by atoms with van der Waals surface area (Å²) in [6.45, 7) is 1.89. The lowest BCUT2D eigenvalue weighted by Gasteiger charge is -2.09. The van der Waals surface area contributed by atoms with Gasteiger partial charge in [-0.1, -0.05) is 17.7 Å². The van der Waals surface area contributed by atoms with Crippen molar-refractivity contribution < 1.29 is 4.79 Å². The molecule has 24 heavy (non-hydrogen) atoms. The molecule has 0 aliphatic heterocycles. The zero-order chi connectivity index (χ0) is 16.9. The van der Waals surface area contributed by atoms with E-state index in [1.165, 1.54) is 0 Å². The van der Waals surface area contributed by atoms with Crippen LogP contribution in [0.15, 0.2) is 48.1 Å². The van der Waals surface area contributed by atoms with Gasteiger partial charge in [0.2, 0.25) is 5.91 Å². The minimum atomic E-state index is -0.0428. The van der Waals surface area contributed by atoms with E-state index in [2.05, 4.69) is 15.3 Å². The first kappa shape index (κ1) is 16.6. The van der Waals surface area contributed by atoms with E-state index in [9.17, 15) is 4.79 Å². The maximum Gasteiger partial charge on any atom is 0.224 e. The van der Waals surface area contributed by atoms with Crippen LogP contribution in [0, 0.1) is 6.92 Å². The van der Waals surface area contributed by atoms with Crippen LogP contribution in [0.25, 0.3) is 10.6 Å². The summed E-state index contributed by atoms with van der Waals surface area (Å²) in [5.74, 6) is -0.0428. The Labute approximate surface area is 149 Å². The minimum absolute atomic E-state index is 0.0428. The molecule has 0 fully saturated rings. The first-order valence-corrected chi connectivity index (χ1v) is 8.79. The lowest BCUT2D eigenvalue weighted by molar-refractivity contribution is -0.116. The van der Waals surface area contributed by atoms with E-state index < -0.39 is 0 Å². The van der Waals surface area contributed by atoms with Crippen LogP contribution in [0.1, 0.15) is 17.7 Å². The number of halogens is 1. The highest BCUT2D eigenvalue weighted by molar-refractivity contribution is 7.13. The van der Waals surface area contributed by atoms with Gasteiger partial charge in [0.25, 0.3) is 0 Å². The molecule has 1 N–H and O–H groups in total. The average molecular weight is 358 g/mol. The van der Waals surface area contributed by atoms with Crippen molar-refractivity contribution in [1.29, 1.82) is 0 Å². The zero-order valence-corrected chi connectivity index (χ0v) is 14.7.